The number of pyridine rings is 2. The van der Waals surface area contributed by atoms with Gasteiger partial charge in [-0.25, -0.2) is 0 Å². The molecular weight excluding hydrogens is 374 g/mol. The van der Waals surface area contributed by atoms with Crippen LogP contribution in [0.4, 0.5) is 0 Å². The van der Waals surface area contributed by atoms with Gasteiger partial charge in [0.05, 0.1) is 11.6 Å². The van der Waals surface area contributed by atoms with Gasteiger partial charge in [0, 0.05) is 41.8 Å². The van der Waals surface area contributed by atoms with E-state index >= 15 is 0 Å². The molecular formula is C25H19N3O2. The first-order chi connectivity index (χ1) is 14.8. The maximum Gasteiger partial charge on any atom is 0.232 e. The van der Waals surface area contributed by atoms with Crippen LogP contribution in [0.2, 0.25) is 0 Å². The van der Waals surface area contributed by atoms with Gasteiger partial charge in [-0.15, -0.1) is 0 Å². The molecule has 0 spiro atoms. The Labute approximate surface area is 174 Å². The summed E-state index contributed by atoms with van der Waals surface area (Å²) in [6.45, 7) is 0.418. The van der Waals surface area contributed by atoms with E-state index < -0.39 is 5.92 Å². The molecule has 0 unspecified atom stereocenters. The van der Waals surface area contributed by atoms with Crippen LogP contribution in [0.15, 0.2) is 91.4 Å². The van der Waals surface area contributed by atoms with Gasteiger partial charge in [0.25, 0.3) is 0 Å². The third-order valence-corrected chi connectivity index (χ3v) is 5.21. The Morgan fingerprint density at radius 3 is 2.23 bits per heavy atom. The summed E-state index contributed by atoms with van der Waals surface area (Å²) in [4.78, 5) is 21.7. The number of rotatable bonds is 4. The van der Waals surface area contributed by atoms with Crippen molar-refractivity contribution in [2.24, 2.45) is 0 Å². The van der Waals surface area contributed by atoms with Crippen molar-refractivity contribution >= 4 is 5.91 Å². The lowest BCUT2D eigenvalue weighted by Gasteiger charge is -2.27. The molecule has 146 valence electrons. The monoisotopic (exact) mass is 393 g/mol. The maximum atomic E-state index is 13.3. The SMILES string of the molecule is O=C(NCc1ccnc(-c2ccncc2)c1)C1c2ccccc2Oc2ccccc21. The number of nitrogens with one attached hydrogen (secondary N) is 1. The molecule has 5 heteroatoms. The van der Waals surface area contributed by atoms with Gasteiger partial charge in [-0.05, 0) is 42.0 Å². The van der Waals surface area contributed by atoms with Crippen LogP contribution < -0.4 is 10.1 Å². The molecule has 2 aromatic heterocycles. The first-order valence-corrected chi connectivity index (χ1v) is 9.78. The van der Waals surface area contributed by atoms with Crippen molar-refractivity contribution < 1.29 is 9.53 Å². The number of benzene rings is 2. The highest BCUT2D eigenvalue weighted by atomic mass is 16.5. The zero-order valence-electron chi connectivity index (χ0n) is 16.2. The molecule has 4 aromatic rings. The molecule has 0 saturated heterocycles. The van der Waals surface area contributed by atoms with E-state index in [-0.39, 0.29) is 5.91 Å². The van der Waals surface area contributed by atoms with Crippen LogP contribution in [-0.2, 0) is 11.3 Å². The zero-order valence-corrected chi connectivity index (χ0v) is 16.2. The van der Waals surface area contributed by atoms with Crippen LogP contribution >= 0.6 is 0 Å². The summed E-state index contributed by atoms with van der Waals surface area (Å²) in [5, 5.41) is 3.09. The number of fused-ring (bicyclic) bond motifs is 2. The molecule has 30 heavy (non-hydrogen) atoms. The molecule has 0 saturated carbocycles. The Kier molecular flexibility index (Phi) is 4.69. The average molecular weight is 393 g/mol. The molecule has 5 rings (SSSR count). The van der Waals surface area contributed by atoms with Crippen molar-refractivity contribution in [3.63, 3.8) is 0 Å². The molecule has 3 heterocycles. The smallest absolute Gasteiger partial charge is 0.232 e. The van der Waals surface area contributed by atoms with Gasteiger partial charge < -0.3 is 10.1 Å². The molecule has 0 aliphatic carbocycles. The first kappa shape index (κ1) is 18.1. The Hall–Kier alpha value is -3.99. The summed E-state index contributed by atoms with van der Waals surface area (Å²) >= 11 is 0. The number of carbonyl (C=O) groups excluding carboxylic acids is 1. The third kappa shape index (κ3) is 3.42. The van der Waals surface area contributed by atoms with Crippen LogP contribution in [-0.4, -0.2) is 15.9 Å². The molecule has 5 nitrogen and oxygen atoms in total. The third-order valence-electron chi connectivity index (χ3n) is 5.21. The Morgan fingerprint density at radius 1 is 0.867 bits per heavy atom. The summed E-state index contributed by atoms with van der Waals surface area (Å²) in [5.41, 5.74) is 4.58. The number of hydrogen-bond donors (Lipinski definition) is 1. The lowest BCUT2D eigenvalue weighted by atomic mass is 9.87. The van der Waals surface area contributed by atoms with Gasteiger partial charge in [0.15, 0.2) is 0 Å². The highest BCUT2D eigenvalue weighted by Crippen LogP contribution is 2.43. The molecule has 1 amide bonds. The Bertz CT molecular complexity index is 1160. The highest BCUT2D eigenvalue weighted by Gasteiger charge is 2.32. The number of aromatic nitrogens is 2. The van der Waals surface area contributed by atoms with E-state index in [4.69, 9.17) is 4.74 Å². The number of amides is 1. The number of nitrogens with zero attached hydrogens (tertiary/aromatic N) is 2. The second-order valence-corrected chi connectivity index (χ2v) is 7.11. The van der Waals surface area contributed by atoms with Gasteiger partial charge in [-0.1, -0.05) is 36.4 Å². The molecule has 1 aliphatic heterocycles. The molecule has 1 N–H and O–H groups in total. The fourth-order valence-electron chi connectivity index (χ4n) is 3.75. The van der Waals surface area contributed by atoms with Crippen LogP contribution in [0.1, 0.15) is 22.6 Å². The maximum absolute atomic E-state index is 13.3. The van der Waals surface area contributed by atoms with Crippen molar-refractivity contribution in [1.82, 2.24) is 15.3 Å². The summed E-state index contributed by atoms with van der Waals surface area (Å²) in [6.07, 6.45) is 5.24. The Morgan fingerprint density at radius 2 is 1.53 bits per heavy atom. The standard InChI is InChI=1S/C25H19N3O2/c29-25(28-16-17-9-14-27-21(15-17)18-10-12-26-13-11-18)24-19-5-1-3-7-22(19)30-23-8-4-2-6-20(23)24/h1-15,24H,16H2,(H,28,29). The van der Waals surface area contributed by atoms with Crippen molar-refractivity contribution in [3.8, 4) is 22.8 Å². The van der Waals surface area contributed by atoms with E-state index in [1.54, 1.807) is 18.6 Å². The summed E-state index contributed by atoms with van der Waals surface area (Å²) in [6, 6.07) is 23.1. The molecule has 2 aromatic carbocycles. The minimum atomic E-state index is -0.410. The quantitative estimate of drug-likeness (QED) is 0.546. The van der Waals surface area contributed by atoms with E-state index in [1.165, 1.54) is 0 Å². The normalized spacial score (nSPS) is 12.4. The highest BCUT2D eigenvalue weighted by molar-refractivity contribution is 5.89. The predicted octanol–water partition coefficient (Wildman–Crippen LogP) is 4.70. The van der Waals surface area contributed by atoms with Crippen LogP contribution in [0.25, 0.3) is 11.3 Å². The number of hydrogen-bond acceptors (Lipinski definition) is 4. The van der Waals surface area contributed by atoms with E-state index in [1.807, 2.05) is 72.8 Å². The van der Waals surface area contributed by atoms with E-state index in [0.29, 0.717) is 6.54 Å². The lowest BCUT2D eigenvalue weighted by molar-refractivity contribution is -0.122. The zero-order chi connectivity index (χ0) is 20.3. The summed E-state index contributed by atoms with van der Waals surface area (Å²) in [7, 11) is 0. The molecule has 1 aliphatic rings. The lowest BCUT2D eigenvalue weighted by Crippen LogP contribution is -2.31. The molecule has 0 fully saturated rings. The van der Waals surface area contributed by atoms with Gasteiger partial charge in [0.1, 0.15) is 11.5 Å². The van der Waals surface area contributed by atoms with E-state index in [0.717, 1.165) is 39.4 Å². The van der Waals surface area contributed by atoms with Crippen LogP contribution in [0.5, 0.6) is 11.5 Å². The summed E-state index contributed by atoms with van der Waals surface area (Å²) in [5.74, 6) is 0.980. The predicted molar refractivity (Wildman–Crippen MR) is 114 cm³/mol. The van der Waals surface area contributed by atoms with Gasteiger partial charge in [-0.2, -0.15) is 0 Å². The number of para-hydroxylation sites is 2. The molecule has 0 radical (unpaired) electrons. The van der Waals surface area contributed by atoms with Gasteiger partial charge in [0.2, 0.25) is 5.91 Å². The topological polar surface area (TPSA) is 64.1 Å². The summed E-state index contributed by atoms with van der Waals surface area (Å²) < 4.78 is 5.99. The van der Waals surface area contributed by atoms with Crippen molar-refractivity contribution in [1.29, 1.82) is 0 Å². The molecule has 0 bridgehead atoms. The number of carbonyl (C=O) groups is 1. The van der Waals surface area contributed by atoms with Crippen LogP contribution in [0, 0.1) is 0 Å². The van der Waals surface area contributed by atoms with Gasteiger partial charge >= 0.3 is 0 Å². The van der Waals surface area contributed by atoms with E-state index in [2.05, 4.69) is 15.3 Å². The average Bonchev–Trinajstić information content (AvgIpc) is 2.81. The second-order valence-electron chi connectivity index (χ2n) is 7.11. The van der Waals surface area contributed by atoms with Crippen molar-refractivity contribution in [2.45, 2.75) is 12.5 Å². The molecule has 0 atom stereocenters. The van der Waals surface area contributed by atoms with Crippen molar-refractivity contribution in [2.75, 3.05) is 0 Å². The van der Waals surface area contributed by atoms with Gasteiger partial charge in [-0.3, -0.25) is 14.8 Å². The fourth-order valence-corrected chi connectivity index (χ4v) is 3.75. The van der Waals surface area contributed by atoms with E-state index in [9.17, 15) is 4.79 Å². The largest absolute Gasteiger partial charge is 0.457 e. The Balaban J connectivity index is 1.39. The second kappa shape index (κ2) is 7.79. The number of ether oxygens (including phenoxy) is 1. The minimum Gasteiger partial charge on any atom is -0.457 e. The van der Waals surface area contributed by atoms with Crippen LogP contribution in [0.3, 0.4) is 0 Å². The fraction of sp³-hybridized carbons (Fsp3) is 0.0800. The first-order valence-electron chi connectivity index (χ1n) is 9.78. The van der Waals surface area contributed by atoms with Crippen molar-refractivity contribution in [3.05, 3.63) is 108 Å². The minimum absolute atomic E-state index is 0.0551.